The molecule has 1 aromatic carbocycles. The maximum absolute atomic E-state index is 6.24. The maximum atomic E-state index is 6.24. The van der Waals surface area contributed by atoms with Gasteiger partial charge in [-0.25, -0.2) is 4.98 Å². The Morgan fingerprint density at radius 3 is 2.81 bits per heavy atom. The SMILES string of the molecule is CC(C)=CCOC(Cc1ccc(Cl)cc1Cl)n1ccnc1. The first kappa shape index (κ1) is 16.1. The Hall–Kier alpha value is -1.29. The second-order valence-electron chi connectivity index (χ2n) is 5.02. The van der Waals surface area contributed by atoms with Crippen LogP contribution in [0.5, 0.6) is 0 Å². The van der Waals surface area contributed by atoms with E-state index in [1.54, 1.807) is 18.6 Å². The van der Waals surface area contributed by atoms with Gasteiger partial charge in [0.15, 0.2) is 0 Å². The fourth-order valence-electron chi connectivity index (χ4n) is 1.89. The summed E-state index contributed by atoms with van der Waals surface area (Å²) in [4.78, 5) is 4.08. The highest BCUT2D eigenvalue weighted by Gasteiger charge is 2.13. The van der Waals surface area contributed by atoms with Crippen molar-refractivity contribution >= 4 is 23.2 Å². The Bertz CT molecular complexity index is 605. The van der Waals surface area contributed by atoms with Crippen LogP contribution in [0.3, 0.4) is 0 Å². The molecule has 0 radical (unpaired) electrons. The highest BCUT2D eigenvalue weighted by Crippen LogP contribution is 2.25. The first-order chi connectivity index (χ1) is 10.1. The number of imidazole rings is 1. The third-order valence-corrected chi connectivity index (χ3v) is 3.63. The fraction of sp³-hybridized carbons (Fsp3) is 0.312. The van der Waals surface area contributed by atoms with E-state index in [9.17, 15) is 0 Å². The summed E-state index contributed by atoms with van der Waals surface area (Å²) in [6.45, 7) is 4.65. The van der Waals surface area contributed by atoms with Crippen LogP contribution in [0.15, 0.2) is 48.6 Å². The maximum Gasteiger partial charge on any atom is 0.139 e. The van der Waals surface area contributed by atoms with Gasteiger partial charge >= 0.3 is 0 Å². The molecule has 0 spiro atoms. The molecular weight excluding hydrogens is 307 g/mol. The van der Waals surface area contributed by atoms with Crippen molar-refractivity contribution in [3.63, 3.8) is 0 Å². The standard InChI is InChI=1S/C16H18Cl2N2O/c1-12(2)5-8-21-16(20-7-6-19-11-20)9-13-3-4-14(17)10-15(13)18/h3-7,10-11,16H,8-9H2,1-2H3. The number of rotatable bonds is 6. The molecule has 2 aromatic rings. The molecule has 0 saturated carbocycles. The lowest BCUT2D eigenvalue weighted by Gasteiger charge is -2.19. The zero-order valence-electron chi connectivity index (χ0n) is 12.1. The highest BCUT2D eigenvalue weighted by atomic mass is 35.5. The van der Waals surface area contributed by atoms with Gasteiger partial charge in [0.2, 0.25) is 0 Å². The number of allylic oxidation sites excluding steroid dienone is 1. The van der Waals surface area contributed by atoms with E-state index in [4.69, 9.17) is 27.9 Å². The zero-order valence-corrected chi connectivity index (χ0v) is 13.6. The molecule has 0 bridgehead atoms. The Balaban J connectivity index is 2.14. The van der Waals surface area contributed by atoms with Crippen molar-refractivity contribution in [2.45, 2.75) is 26.5 Å². The van der Waals surface area contributed by atoms with Gasteiger partial charge in [0.25, 0.3) is 0 Å². The van der Waals surface area contributed by atoms with E-state index < -0.39 is 0 Å². The lowest BCUT2D eigenvalue weighted by Crippen LogP contribution is -2.15. The molecule has 0 saturated heterocycles. The number of benzene rings is 1. The summed E-state index contributed by atoms with van der Waals surface area (Å²) in [5.74, 6) is 0. The molecule has 112 valence electrons. The molecule has 2 rings (SSSR count). The lowest BCUT2D eigenvalue weighted by atomic mass is 10.1. The normalized spacial score (nSPS) is 12.2. The van der Waals surface area contributed by atoms with Crippen molar-refractivity contribution in [1.29, 1.82) is 0 Å². The average Bonchev–Trinajstić information content (AvgIpc) is 2.93. The third-order valence-electron chi connectivity index (χ3n) is 3.05. The van der Waals surface area contributed by atoms with E-state index in [1.165, 1.54) is 5.57 Å². The van der Waals surface area contributed by atoms with Crippen molar-refractivity contribution in [3.05, 3.63) is 64.2 Å². The number of hydrogen-bond donors (Lipinski definition) is 0. The molecule has 0 fully saturated rings. The van der Waals surface area contributed by atoms with Crippen LogP contribution in [0.4, 0.5) is 0 Å². The Kier molecular flexibility index (Phi) is 5.85. The van der Waals surface area contributed by atoms with Crippen molar-refractivity contribution < 1.29 is 4.74 Å². The van der Waals surface area contributed by atoms with Crippen molar-refractivity contribution in [3.8, 4) is 0 Å². The smallest absolute Gasteiger partial charge is 0.139 e. The van der Waals surface area contributed by atoms with Crippen molar-refractivity contribution in [1.82, 2.24) is 9.55 Å². The average molecular weight is 325 g/mol. The van der Waals surface area contributed by atoms with Crippen LogP contribution >= 0.6 is 23.2 Å². The Morgan fingerprint density at radius 2 is 2.19 bits per heavy atom. The monoisotopic (exact) mass is 324 g/mol. The molecule has 1 aromatic heterocycles. The molecule has 0 aliphatic heterocycles. The number of aromatic nitrogens is 2. The van der Waals surface area contributed by atoms with Gasteiger partial charge in [-0.2, -0.15) is 0 Å². The van der Waals surface area contributed by atoms with Crippen LogP contribution in [-0.4, -0.2) is 16.2 Å². The van der Waals surface area contributed by atoms with Gasteiger partial charge in [0.1, 0.15) is 6.23 Å². The summed E-state index contributed by atoms with van der Waals surface area (Å²) in [6.07, 6.45) is 7.92. The van der Waals surface area contributed by atoms with Crippen LogP contribution in [0.25, 0.3) is 0 Å². The number of ether oxygens (including phenoxy) is 1. The highest BCUT2D eigenvalue weighted by molar-refractivity contribution is 6.35. The molecule has 0 aliphatic rings. The number of halogens is 2. The molecule has 0 aliphatic carbocycles. The summed E-state index contributed by atoms with van der Waals surface area (Å²) in [6, 6.07) is 5.52. The van der Waals surface area contributed by atoms with Gasteiger partial charge in [-0.1, -0.05) is 40.9 Å². The topological polar surface area (TPSA) is 27.1 Å². The second kappa shape index (κ2) is 7.64. The van der Waals surface area contributed by atoms with Gasteiger partial charge in [-0.3, -0.25) is 0 Å². The Morgan fingerprint density at radius 1 is 1.38 bits per heavy atom. The summed E-state index contributed by atoms with van der Waals surface area (Å²) < 4.78 is 7.88. The van der Waals surface area contributed by atoms with E-state index in [1.807, 2.05) is 42.8 Å². The minimum Gasteiger partial charge on any atom is -0.354 e. The van der Waals surface area contributed by atoms with Crippen LogP contribution in [0, 0.1) is 0 Å². The van der Waals surface area contributed by atoms with E-state index in [-0.39, 0.29) is 6.23 Å². The van der Waals surface area contributed by atoms with Gasteiger partial charge < -0.3 is 9.30 Å². The minimum atomic E-state index is -0.151. The van der Waals surface area contributed by atoms with E-state index >= 15 is 0 Å². The molecule has 5 heteroatoms. The third kappa shape index (κ3) is 4.88. The van der Waals surface area contributed by atoms with E-state index in [0.717, 1.165) is 5.56 Å². The van der Waals surface area contributed by atoms with Crippen LogP contribution in [0.2, 0.25) is 10.0 Å². The van der Waals surface area contributed by atoms with Gasteiger partial charge in [-0.05, 0) is 31.5 Å². The first-order valence-electron chi connectivity index (χ1n) is 6.72. The largest absolute Gasteiger partial charge is 0.354 e. The summed E-state index contributed by atoms with van der Waals surface area (Å²) in [7, 11) is 0. The molecule has 0 N–H and O–H groups in total. The fourth-order valence-corrected chi connectivity index (χ4v) is 2.38. The summed E-state index contributed by atoms with van der Waals surface area (Å²) >= 11 is 12.2. The molecule has 1 heterocycles. The first-order valence-corrected chi connectivity index (χ1v) is 7.48. The number of nitrogens with zero attached hydrogens (tertiary/aromatic N) is 2. The predicted octanol–water partition coefficient (Wildman–Crippen LogP) is 4.91. The quantitative estimate of drug-likeness (QED) is 0.705. The summed E-state index contributed by atoms with van der Waals surface area (Å²) in [5.41, 5.74) is 2.22. The molecule has 3 nitrogen and oxygen atoms in total. The predicted molar refractivity (Wildman–Crippen MR) is 86.8 cm³/mol. The van der Waals surface area contributed by atoms with Crippen LogP contribution in [-0.2, 0) is 11.2 Å². The van der Waals surface area contributed by atoms with Gasteiger partial charge in [0, 0.05) is 28.9 Å². The minimum absolute atomic E-state index is 0.151. The van der Waals surface area contributed by atoms with Crippen LogP contribution in [0.1, 0.15) is 25.6 Å². The second-order valence-corrected chi connectivity index (χ2v) is 5.86. The molecular formula is C16H18Cl2N2O. The zero-order chi connectivity index (χ0) is 15.2. The van der Waals surface area contributed by atoms with Crippen molar-refractivity contribution in [2.24, 2.45) is 0 Å². The van der Waals surface area contributed by atoms with E-state index in [0.29, 0.717) is 23.1 Å². The summed E-state index contributed by atoms with van der Waals surface area (Å²) in [5, 5.41) is 1.28. The van der Waals surface area contributed by atoms with Gasteiger partial charge in [-0.15, -0.1) is 0 Å². The van der Waals surface area contributed by atoms with Gasteiger partial charge in [0.05, 0.1) is 12.9 Å². The van der Waals surface area contributed by atoms with E-state index in [2.05, 4.69) is 4.98 Å². The van der Waals surface area contributed by atoms with Crippen LogP contribution < -0.4 is 0 Å². The molecule has 0 amide bonds. The molecule has 1 unspecified atom stereocenters. The molecule has 21 heavy (non-hydrogen) atoms. The van der Waals surface area contributed by atoms with Crippen molar-refractivity contribution in [2.75, 3.05) is 6.61 Å². The lowest BCUT2D eigenvalue weighted by molar-refractivity contribution is 0.0199. The Labute approximate surface area is 135 Å². The number of hydrogen-bond acceptors (Lipinski definition) is 2. The molecule has 1 atom stereocenters.